The summed E-state index contributed by atoms with van der Waals surface area (Å²) in [5, 5.41) is 0. The average Bonchev–Trinajstić information content (AvgIpc) is 3.06. The Bertz CT molecular complexity index is 776. The third-order valence-electron chi connectivity index (χ3n) is 6.08. The molecule has 2 heterocycles. The molecule has 1 saturated heterocycles. The van der Waals surface area contributed by atoms with Crippen molar-refractivity contribution in [2.75, 3.05) is 13.1 Å². The van der Waals surface area contributed by atoms with Crippen LogP contribution in [-0.2, 0) is 11.2 Å². The molecule has 4 rings (SSSR count). The molecule has 4 nitrogen and oxygen atoms in total. The van der Waals surface area contributed by atoms with Gasteiger partial charge in [0.05, 0.1) is 0 Å². The summed E-state index contributed by atoms with van der Waals surface area (Å²) in [7, 11) is 0. The van der Waals surface area contributed by atoms with E-state index in [1.807, 2.05) is 18.2 Å². The minimum absolute atomic E-state index is 0.146. The zero-order valence-electron chi connectivity index (χ0n) is 16.3. The van der Waals surface area contributed by atoms with Crippen LogP contribution in [0.4, 0.5) is 13.2 Å². The largest absolute Gasteiger partial charge is 0.471 e. The van der Waals surface area contributed by atoms with E-state index >= 15 is 0 Å². The number of para-hydroxylation sites is 1. The van der Waals surface area contributed by atoms with Crippen LogP contribution in [0.2, 0.25) is 0 Å². The number of benzene rings is 1. The molecule has 1 amide bonds. The molecule has 1 spiro atoms. The fraction of sp³-hybridized carbons (Fsp3) is 0.591. The second-order valence-electron chi connectivity index (χ2n) is 8.18. The maximum atomic E-state index is 12.5. The Morgan fingerprint density at radius 2 is 1.86 bits per heavy atom. The molecule has 0 atom stereocenters. The lowest BCUT2D eigenvalue weighted by Gasteiger charge is -2.31. The van der Waals surface area contributed by atoms with Crippen molar-refractivity contribution in [3.63, 3.8) is 0 Å². The Kier molecular flexibility index (Phi) is 5.49. The van der Waals surface area contributed by atoms with Gasteiger partial charge in [0.1, 0.15) is 0 Å². The van der Waals surface area contributed by atoms with Crippen molar-refractivity contribution < 1.29 is 27.4 Å². The minimum Gasteiger partial charge on any atom is -0.448 e. The van der Waals surface area contributed by atoms with Crippen LogP contribution in [0.15, 0.2) is 30.4 Å². The fourth-order valence-electron chi connectivity index (χ4n) is 4.48. The Labute approximate surface area is 168 Å². The number of piperidine rings is 1. The van der Waals surface area contributed by atoms with Gasteiger partial charge in [-0.3, -0.25) is 4.79 Å². The normalized spacial score (nSPS) is 21.8. The van der Waals surface area contributed by atoms with Crippen LogP contribution in [0.25, 0.3) is 0 Å². The summed E-state index contributed by atoms with van der Waals surface area (Å²) >= 11 is 0. The van der Waals surface area contributed by atoms with Crippen molar-refractivity contribution in [3.05, 3.63) is 35.9 Å². The molecule has 3 aliphatic rings. The van der Waals surface area contributed by atoms with Gasteiger partial charge in [-0.25, -0.2) is 0 Å². The summed E-state index contributed by atoms with van der Waals surface area (Å²) in [4.78, 5) is 12.2. The number of allylic oxidation sites excluding steroid dienone is 2. The molecule has 7 heteroatoms. The molecule has 0 radical (unpaired) electrons. The van der Waals surface area contributed by atoms with Crippen molar-refractivity contribution in [3.8, 4) is 11.5 Å². The molecule has 2 aliphatic heterocycles. The van der Waals surface area contributed by atoms with Gasteiger partial charge in [0.25, 0.3) is 5.79 Å². The Balaban J connectivity index is 1.33. The molecule has 1 aromatic rings. The lowest BCUT2D eigenvalue weighted by molar-refractivity contribution is -0.186. The molecular formula is C22H26F3NO3. The van der Waals surface area contributed by atoms with Crippen molar-refractivity contribution >= 4 is 5.91 Å². The Morgan fingerprint density at radius 1 is 1.14 bits per heavy atom. The highest BCUT2D eigenvalue weighted by molar-refractivity contribution is 5.81. The number of halogens is 3. The van der Waals surface area contributed by atoms with Crippen molar-refractivity contribution in [2.45, 2.75) is 63.3 Å². The number of likely N-dealkylation sites (tertiary alicyclic amines) is 1. The van der Waals surface area contributed by atoms with Crippen molar-refractivity contribution in [2.24, 2.45) is 5.92 Å². The Morgan fingerprint density at radius 3 is 2.55 bits per heavy atom. The molecule has 158 valence electrons. The molecule has 1 aliphatic carbocycles. The van der Waals surface area contributed by atoms with Crippen LogP contribution in [0.3, 0.4) is 0 Å². The van der Waals surface area contributed by atoms with E-state index in [1.54, 1.807) is 0 Å². The molecule has 0 N–H and O–H groups in total. The summed E-state index contributed by atoms with van der Waals surface area (Å²) in [6.07, 6.45) is 6.36. The summed E-state index contributed by atoms with van der Waals surface area (Å²) in [6.45, 7) is 0.293. The standard InChI is InChI=1S/C22H26F3NO3/c23-22(24,25)20(27)26-14-10-16(11-15-26)6-4-7-17-8-5-9-18-19(17)29-21(28-18)12-2-1-3-13-21/h4-6,8-9,16H,1-3,7,10-15H2/b6-4+. The van der Waals surface area contributed by atoms with E-state index in [1.165, 1.54) is 6.42 Å². The first-order valence-corrected chi connectivity index (χ1v) is 10.4. The van der Waals surface area contributed by atoms with Crippen LogP contribution in [0.5, 0.6) is 11.5 Å². The summed E-state index contributed by atoms with van der Waals surface area (Å²) in [5.41, 5.74) is 1.06. The predicted octanol–water partition coefficient (Wildman–Crippen LogP) is 5.02. The fourth-order valence-corrected chi connectivity index (χ4v) is 4.48. The Hall–Kier alpha value is -2.18. The molecular weight excluding hydrogens is 383 g/mol. The van der Waals surface area contributed by atoms with Crippen molar-refractivity contribution in [1.82, 2.24) is 4.90 Å². The van der Waals surface area contributed by atoms with Gasteiger partial charge in [-0.05, 0) is 44.1 Å². The quantitative estimate of drug-likeness (QED) is 0.658. The smallest absolute Gasteiger partial charge is 0.448 e. The van der Waals surface area contributed by atoms with Crippen LogP contribution >= 0.6 is 0 Å². The number of rotatable bonds is 3. The highest BCUT2D eigenvalue weighted by Crippen LogP contribution is 2.47. The van der Waals surface area contributed by atoms with Crippen LogP contribution in [0.1, 0.15) is 50.5 Å². The van der Waals surface area contributed by atoms with E-state index in [0.717, 1.165) is 47.6 Å². The minimum atomic E-state index is -4.78. The van der Waals surface area contributed by atoms with Gasteiger partial charge in [-0.2, -0.15) is 13.2 Å². The molecule has 0 bridgehead atoms. The predicted molar refractivity (Wildman–Crippen MR) is 102 cm³/mol. The summed E-state index contributed by atoms with van der Waals surface area (Å²) < 4.78 is 50.0. The van der Waals surface area contributed by atoms with Gasteiger partial charge in [-0.1, -0.05) is 30.7 Å². The number of carbonyl (C=O) groups is 1. The molecule has 29 heavy (non-hydrogen) atoms. The maximum Gasteiger partial charge on any atom is 0.471 e. The lowest BCUT2D eigenvalue weighted by Crippen LogP contribution is -2.45. The van der Waals surface area contributed by atoms with Crippen LogP contribution in [-0.4, -0.2) is 35.9 Å². The lowest BCUT2D eigenvalue weighted by atomic mass is 9.94. The molecule has 0 aromatic heterocycles. The highest BCUT2D eigenvalue weighted by Gasteiger charge is 2.44. The monoisotopic (exact) mass is 409 g/mol. The average molecular weight is 409 g/mol. The van der Waals surface area contributed by atoms with E-state index < -0.39 is 17.9 Å². The molecule has 0 unspecified atom stereocenters. The third kappa shape index (κ3) is 4.38. The van der Waals surface area contributed by atoms with E-state index in [9.17, 15) is 18.0 Å². The van der Waals surface area contributed by atoms with E-state index in [0.29, 0.717) is 19.3 Å². The van der Waals surface area contributed by atoms with Gasteiger partial charge in [-0.15, -0.1) is 0 Å². The number of amides is 1. The van der Waals surface area contributed by atoms with Gasteiger partial charge in [0.2, 0.25) is 0 Å². The SMILES string of the molecule is O=C(N1CCC(/C=C/Cc2cccc3c2OC2(CCCCC2)O3)CC1)C(F)(F)F. The number of fused-ring (bicyclic) bond motifs is 1. The van der Waals surface area contributed by atoms with Crippen LogP contribution < -0.4 is 9.47 Å². The zero-order valence-corrected chi connectivity index (χ0v) is 16.3. The number of ether oxygens (including phenoxy) is 2. The topological polar surface area (TPSA) is 38.8 Å². The first kappa shape index (κ1) is 20.1. The number of hydrogen-bond donors (Lipinski definition) is 0. The zero-order chi connectivity index (χ0) is 20.5. The number of alkyl halides is 3. The number of hydrogen-bond acceptors (Lipinski definition) is 3. The summed E-state index contributed by atoms with van der Waals surface area (Å²) in [5.74, 6) is -0.418. The van der Waals surface area contributed by atoms with Crippen LogP contribution in [0, 0.1) is 5.92 Å². The molecule has 1 aromatic carbocycles. The summed E-state index contributed by atoms with van der Waals surface area (Å²) in [6, 6.07) is 5.94. The molecule has 1 saturated carbocycles. The first-order chi connectivity index (χ1) is 13.9. The molecule has 2 fully saturated rings. The van der Waals surface area contributed by atoms with E-state index in [4.69, 9.17) is 9.47 Å². The number of nitrogens with zero attached hydrogens (tertiary/aromatic N) is 1. The van der Waals surface area contributed by atoms with Gasteiger partial charge >= 0.3 is 12.1 Å². The van der Waals surface area contributed by atoms with Gasteiger partial charge in [0, 0.05) is 31.5 Å². The van der Waals surface area contributed by atoms with Gasteiger partial charge < -0.3 is 14.4 Å². The van der Waals surface area contributed by atoms with Gasteiger partial charge in [0.15, 0.2) is 11.5 Å². The highest BCUT2D eigenvalue weighted by atomic mass is 19.4. The van der Waals surface area contributed by atoms with E-state index in [2.05, 4.69) is 12.2 Å². The maximum absolute atomic E-state index is 12.5. The third-order valence-corrected chi connectivity index (χ3v) is 6.08. The second-order valence-corrected chi connectivity index (χ2v) is 8.18. The first-order valence-electron chi connectivity index (χ1n) is 10.4. The van der Waals surface area contributed by atoms with E-state index in [-0.39, 0.29) is 19.0 Å². The number of carbonyl (C=O) groups excluding carboxylic acids is 1. The second kappa shape index (κ2) is 7.92. The van der Waals surface area contributed by atoms with Crippen molar-refractivity contribution in [1.29, 1.82) is 0 Å².